The van der Waals surface area contributed by atoms with Crippen LogP contribution in [-0.4, -0.2) is 42.3 Å². The third kappa shape index (κ3) is 5.08. The van der Waals surface area contributed by atoms with E-state index < -0.39 is 41.4 Å². The number of nitrogens with one attached hydrogen (secondary N) is 1. The summed E-state index contributed by atoms with van der Waals surface area (Å²) >= 11 is 0. The van der Waals surface area contributed by atoms with Gasteiger partial charge in [-0.25, -0.2) is 0 Å². The van der Waals surface area contributed by atoms with Gasteiger partial charge in [0.2, 0.25) is 11.8 Å². The maximum atomic E-state index is 13.2. The van der Waals surface area contributed by atoms with Crippen LogP contribution in [0.1, 0.15) is 36.8 Å². The lowest BCUT2D eigenvalue weighted by molar-refractivity contribution is -0.274. The second-order valence-electron chi connectivity index (χ2n) is 7.87. The fourth-order valence-corrected chi connectivity index (χ4v) is 3.74. The molecule has 1 aliphatic heterocycles. The van der Waals surface area contributed by atoms with Crippen molar-refractivity contribution >= 4 is 11.8 Å². The molecule has 0 unspecified atom stereocenters. The van der Waals surface area contributed by atoms with Gasteiger partial charge in [-0.2, -0.15) is 18.4 Å². The van der Waals surface area contributed by atoms with E-state index in [-0.39, 0.29) is 43.6 Å². The Morgan fingerprint density at radius 2 is 1.91 bits per heavy atom. The van der Waals surface area contributed by atoms with Crippen LogP contribution in [0.2, 0.25) is 0 Å². The Morgan fingerprint density at radius 1 is 1.22 bits per heavy atom. The Morgan fingerprint density at radius 3 is 2.47 bits per heavy atom. The monoisotopic (exact) mass is 463 g/mol. The van der Waals surface area contributed by atoms with Crippen LogP contribution in [0.5, 0.6) is 5.75 Å². The van der Waals surface area contributed by atoms with E-state index in [1.165, 1.54) is 12.1 Å². The predicted octanol–water partition coefficient (Wildman–Crippen LogP) is 3.65. The van der Waals surface area contributed by atoms with Gasteiger partial charge in [-0.3, -0.25) is 9.59 Å². The van der Waals surface area contributed by atoms with Gasteiger partial charge in [-0.05, 0) is 37.8 Å². The minimum atomic E-state index is -5.01. The number of carbonyl (C=O) groups is 2. The first-order chi connectivity index (χ1) is 14.9. The summed E-state index contributed by atoms with van der Waals surface area (Å²) in [4.78, 5) is 26.0. The quantitative estimate of drug-likeness (QED) is 0.676. The minimum Gasteiger partial charge on any atom is -0.405 e. The summed E-state index contributed by atoms with van der Waals surface area (Å²) in [5.74, 6) is -3.06. The maximum Gasteiger partial charge on any atom is 0.573 e. The fraction of sp³-hybridized carbons (Fsp3) is 0.550. The van der Waals surface area contributed by atoms with Crippen molar-refractivity contribution in [3.05, 3.63) is 29.3 Å². The molecule has 0 aromatic heterocycles. The van der Waals surface area contributed by atoms with Crippen molar-refractivity contribution in [3.8, 4) is 11.8 Å². The molecule has 1 aliphatic carbocycles. The summed E-state index contributed by atoms with van der Waals surface area (Å²) in [6.07, 6.45) is -9.55. The van der Waals surface area contributed by atoms with Crippen LogP contribution >= 0.6 is 0 Å². The largest absolute Gasteiger partial charge is 0.573 e. The molecule has 0 bridgehead atoms. The van der Waals surface area contributed by atoms with Gasteiger partial charge in [0, 0.05) is 25.2 Å². The minimum absolute atomic E-state index is 0.0348. The van der Waals surface area contributed by atoms with Crippen LogP contribution in [0.4, 0.5) is 26.3 Å². The summed E-state index contributed by atoms with van der Waals surface area (Å²) in [6.45, 7) is -0.436. The van der Waals surface area contributed by atoms with Crippen molar-refractivity contribution in [2.24, 2.45) is 11.3 Å². The molecule has 1 saturated carbocycles. The van der Waals surface area contributed by atoms with Crippen LogP contribution in [0, 0.1) is 22.7 Å². The van der Waals surface area contributed by atoms with Gasteiger partial charge < -0.3 is 15.0 Å². The lowest BCUT2D eigenvalue weighted by Crippen LogP contribution is -2.50. The SMILES string of the molecule is N#Cc1ccc(CNC(=O)[C@@H]2CCCN(C(=O)C3(C(F)(F)F)CC3)C2)c(OC(F)(F)F)c1. The normalized spacial score (nSPS) is 20.3. The molecule has 1 atom stereocenters. The van der Waals surface area contributed by atoms with Crippen molar-refractivity contribution in [3.63, 3.8) is 0 Å². The number of carbonyl (C=O) groups excluding carboxylic acids is 2. The van der Waals surface area contributed by atoms with Gasteiger partial charge in [-0.1, -0.05) is 6.07 Å². The molecule has 1 saturated heterocycles. The van der Waals surface area contributed by atoms with Gasteiger partial charge in [0.25, 0.3) is 0 Å². The highest BCUT2D eigenvalue weighted by Gasteiger charge is 2.69. The summed E-state index contributed by atoms with van der Waals surface area (Å²) in [5.41, 5.74) is -2.47. The van der Waals surface area contributed by atoms with E-state index >= 15 is 0 Å². The first kappa shape index (κ1) is 23.7. The lowest BCUT2D eigenvalue weighted by atomic mass is 9.94. The highest BCUT2D eigenvalue weighted by Crippen LogP contribution is 2.58. The van der Waals surface area contributed by atoms with Crippen LogP contribution in [0.25, 0.3) is 0 Å². The number of nitrogens with zero attached hydrogens (tertiary/aromatic N) is 2. The summed E-state index contributed by atoms with van der Waals surface area (Å²) < 4.78 is 81.5. The van der Waals surface area contributed by atoms with Crippen molar-refractivity contribution in [1.82, 2.24) is 10.2 Å². The van der Waals surface area contributed by atoms with E-state index in [9.17, 15) is 35.9 Å². The number of rotatable bonds is 5. The number of alkyl halides is 6. The highest BCUT2D eigenvalue weighted by atomic mass is 19.4. The highest BCUT2D eigenvalue weighted by molar-refractivity contribution is 5.87. The second-order valence-corrected chi connectivity index (χ2v) is 7.87. The van der Waals surface area contributed by atoms with E-state index in [0.717, 1.165) is 11.0 Å². The Kier molecular flexibility index (Phi) is 6.31. The van der Waals surface area contributed by atoms with Gasteiger partial charge in [-0.15, -0.1) is 13.2 Å². The van der Waals surface area contributed by atoms with Crippen LogP contribution in [0.15, 0.2) is 18.2 Å². The molecule has 174 valence electrons. The van der Waals surface area contributed by atoms with Crippen LogP contribution in [-0.2, 0) is 16.1 Å². The molecular weight excluding hydrogens is 444 g/mol. The molecule has 0 radical (unpaired) electrons. The number of hydrogen-bond acceptors (Lipinski definition) is 4. The van der Waals surface area contributed by atoms with E-state index in [1.807, 2.05) is 0 Å². The summed E-state index contributed by atoms with van der Waals surface area (Å²) in [5, 5.41) is 11.3. The standard InChI is InChI=1S/C20H19F6N3O3/c21-19(22,23)18(5-6-18)17(31)29-7-1-2-14(11-29)16(30)28-10-13-4-3-12(9-27)8-15(13)32-20(24,25)26/h3-4,8,14H,1-2,5-7,10-11H2,(H,28,30)/t14-/m1/s1. The number of nitriles is 1. The van der Waals surface area contributed by atoms with Crippen LogP contribution < -0.4 is 10.1 Å². The molecule has 1 N–H and O–H groups in total. The molecule has 1 aromatic rings. The number of benzene rings is 1. The molecule has 1 aromatic carbocycles. The predicted molar refractivity (Wildman–Crippen MR) is 96.7 cm³/mol. The zero-order chi connectivity index (χ0) is 23.7. The summed E-state index contributed by atoms with van der Waals surface area (Å²) in [6, 6.07) is 5.05. The van der Waals surface area contributed by atoms with E-state index in [0.29, 0.717) is 12.8 Å². The smallest absolute Gasteiger partial charge is 0.405 e. The van der Waals surface area contributed by atoms with Gasteiger partial charge in [0.05, 0.1) is 17.6 Å². The molecule has 1 heterocycles. The van der Waals surface area contributed by atoms with Crippen molar-refractivity contribution in [2.45, 2.75) is 44.8 Å². The van der Waals surface area contributed by atoms with Crippen LogP contribution in [0.3, 0.4) is 0 Å². The van der Waals surface area contributed by atoms with Gasteiger partial charge in [0.15, 0.2) is 0 Å². The molecule has 3 rings (SSSR count). The topological polar surface area (TPSA) is 82.4 Å². The Bertz CT molecular complexity index is 934. The van der Waals surface area contributed by atoms with E-state index in [1.54, 1.807) is 6.07 Å². The number of ether oxygens (including phenoxy) is 1. The average molecular weight is 463 g/mol. The number of piperidine rings is 1. The Labute approximate surface area is 179 Å². The first-order valence-corrected chi connectivity index (χ1v) is 9.79. The lowest BCUT2D eigenvalue weighted by Gasteiger charge is -2.35. The van der Waals surface area contributed by atoms with Crippen molar-refractivity contribution in [1.29, 1.82) is 5.26 Å². The first-order valence-electron chi connectivity index (χ1n) is 9.79. The van der Waals surface area contributed by atoms with E-state index in [2.05, 4.69) is 10.1 Å². The number of hydrogen-bond donors (Lipinski definition) is 1. The molecule has 6 nitrogen and oxygen atoms in total. The Balaban J connectivity index is 1.64. The molecule has 2 aliphatic rings. The second kappa shape index (κ2) is 8.52. The third-order valence-electron chi connectivity index (χ3n) is 5.66. The third-order valence-corrected chi connectivity index (χ3v) is 5.66. The molecular formula is C20H19F6N3O3. The van der Waals surface area contributed by atoms with Gasteiger partial charge >= 0.3 is 12.5 Å². The zero-order valence-electron chi connectivity index (χ0n) is 16.6. The van der Waals surface area contributed by atoms with E-state index in [4.69, 9.17) is 5.26 Å². The van der Waals surface area contributed by atoms with Crippen molar-refractivity contribution in [2.75, 3.05) is 13.1 Å². The molecule has 2 amide bonds. The van der Waals surface area contributed by atoms with Gasteiger partial charge in [0.1, 0.15) is 11.2 Å². The average Bonchev–Trinajstić information content (AvgIpc) is 3.53. The zero-order valence-corrected chi connectivity index (χ0v) is 16.6. The van der Waals surface area contributed by atoms with Crippen molar-refractivity contribution < 1.29 is 40.7 Å². The fourth-order valence-electron chi connectivity index (χ4n) is 3.74. The Hall–Kier alpha value is -2.97. The molecule has 12 heteroatoms. The molecule has 32 heavy (non-hydrogen) atoms. The number of amides is 2. The summed E-state index contributed by atoms with van der Waals surface area (Å²) in [7, 11) is 0. The molecule has 2 fully saturated rings. The molecule has 0 spiro atoms. The number of likely N-dealkylation sites (tertiary alicyclic amines) is 1. The maximum absolute atomic E-state index is 13.2. The number of halogens is 6.